The molecular weight excluding hydrogens is 230 g/mol. The number of benzene rings is 1. The Bertz CT molecular complexity index is 445. The molecule has 0 aromatic heterocycles. The molecule has 1 N–H and O–H groups in total. The number of nitrogens with one attached hydrogen (secondary N) is 1. The Labute approximate surface area is 107 Å². The van der Waals surface area contributed by atoms with Crippen LogP contribution in [-0.2, 0) is 9.53 Å². The number of fused-ring (bicyclic) bond motifs is 1. The molecule has 1 aromatic rings. The predicted molar refractivity (Wildman–Crippen MR) is 70.1 cm³/mol. The van der Waals surface area contributed by atoms with E-state index in [1.807, 2.05) is 18.2 Å². The van der Waals surface area contributed by atoms with E-state index in [1.54, 1.807) is 7.11 Å². The third-order valence-corrected chi connectivity index (χ3v) is 3.39. The highest BCUT2D eigenvalue weighted by atomic mass is 16.5. The van der Waals surface area contributed by atoms with E-state index in [-0.39, 0.29) is 11.9 Å². The Hall–Kier alpha value is -1.71. The van der Waals surface area contributed by atoms with E-state index >= 15 is 0 Å². The van der Waals surface area contributed by atoms with Crippen molar-refractivity contribution in [3.63, 3.8) is 0 Å². The number of ether oxygens (including phenoxy) is 2. The van der Waals surface area contributed by atoms with Gasteiger partial charge >= 0.3 is 5.97 Å². The van der Waals surface area contributed by atoms with E-state index in [9.17, 15) is 4.79 Å². The first kappa shape index (κ1) is 12.7. The first-order valence-corrected chi connectivity index (χ1v) is 6.16. The Balaban J connectivity index is 2.33. The maximum Gasteiger partial charge on any atom is 0.306 e. The summed E-state index contributed by atoms with van der Waals surface area (Å²) >= 11 is 0. The zero-order chi connectivity index (χ0) is 13.1. The van der Waals surface area contributed by atoms with E-state index in [4.69, 9.17) is 9.47 Å². The standard InChI is InChI=1S/C14H19NO3/c1-9-7-10(8-13(16)18-3)11-5-4-6-12(17-2)14(11)15-9/h4-6,9-10,15H,7-8H2,1-3H3. The molecule has 4 heteroatoms. The van der Waals surface area contributed by atoms with Gasteiger partial charge in [0.2, 0.25) is 0 Å². The van der Waals surface area contributed by atoms with Crippen LogP contribution in [0.4, 0.5) is 5.69 Å². The maximum atomic E-state index is 11.5. The topological polar surface area (TPSA) is 47.6 Å². The van der Waals surface area contributed by atoms with Crippen LogP contribution in [0, 0.1) is 0 Å². The van der Waals surface area contributed by atoms with E-state index in [0.717, 1.165) is 23.4 Å². The van der Waals surface area contributed by atoms with Crippen molar-refractivity contribution in [3.8, 4) is 5.75 Å². The summed E-state index contributed by atoms with van der Waals surface area (Å²) in [4.78, 5) is 11.5. The summed E-state index contributed by atoms with van der Waals surface area (Å²) in [5.41, 5.74) is 2.14. The zero-order valence-corrected chi connectivity index (χ0v) is 11.0. The minimum atomic E-state index is -0.164. The average molecular weight is 249 g/mol. The molecule has 0 bridgehead atoms. The van der Waals surface area contributed by atoms with Crippen LogP contribution in [0.25, 0.3) is 0 Å². The highest BCUT2D eigenvalue weighted by Crippen LogP contribution is 2.41. The number of esters is 1. The van der Waals surface area contributed by atoms with Crippen LogP contribution in [0.15, 0.2) is 18.2 Å². The van der Waals surface area contributed by atoms with Gasteiger partial charge in [-0.15, -0.1) is 0 Å². The van der Waals surface area contributed by atoms with Crippen LogP contribution < -0.4 is 10.1 Å². The lowest BCUT2D eigenvalue weighted by Gasteiger charge is -2.31. The molecule has 0 saturated heterocycles. The molecule has 98 valence electrons. The Morgan fingerprint density at radius 2 is 2.22 bits per heavy atom. The van der Waals surface area contributed by atoms with Gasteiger partial charge in [0.05, 0.1) is 26.3 Å². The van der Waals surface area contributed by atoms with Gasteiger partial charge in [-0.1, -0.05) is 12.1 Å². The van der Waals surface area contributed by atoms with Crippen molar-refractivity contribution in [1.29, 1.82) is 0 Å². The molecule has 0 radical (unpaired) electrons. The minimum absolute atomic E-state index is 0.164. The summed E-state index contributed by atoms with van der Waals surface area (Å²) in [6.07, 6.45) is 1.35. The second kappa shape index (κ2) is 5.29. The molecule has 1 aromatic carbocycles. The first-order chi connectivity index (χ1) is 8.65. The molecule has 1 aliphatic heterocycles. The summed E-state index contributed by atoms with van der Waals surface area (Å²) in [7, 11) is 3.09. The van der Waals surface area contributed by atoms with Crippen LogP contribution in [0.3, 0.4) is 0 Å². The molecule has 0 amide bonds. The molecule has 0 fully saturated rings. The Morgan fingerprint density at radius 1 is 1.44 bits per heavy atom. The number of rotatable bonds is 3. The van der Waals surface area contributed by atoms with E-state index in [2.05, 4.69) is 12.2 Å². The number of hydrogen-bond acceptors (Lipinski definition) is 4. The van der Waals surface area contributed by atoms with Gasteiger partial charge < -0.3 is 14.8 Å². The van der Waals surface area contributed by atoms with Crippen LogP contribution >= 0.6 is 0 Å². The summed E-state index contributed by atoms with van der Waals surface area (Å²) in [5, 5.41) is 3.42. The molecule has 1 heterocycles. The average Bonchev–Trinajstić information content (AvgIpc) is 2.37. The molecular formula is C14H19NO3. The highest BCUT2D eigenvalue weighted by Gasteiger charge is 2.28. The fraction of sp³-hybridized carbons (Fsp3) is 0.500. The summed E-state index contributed by atoms with van der Waals surface area (Å²) in [6, 6.07) is 6.26. The van der Waals surface area contributed by atoms with Gasteiger partial charge in [-0.05, 0) is 30.9 Å². The lowest BCUT2D eigenvalue weighted by Crippen LogP contribution is -2.27. The zero-order valence-electron chi connectivity index (χ0n) is 11.0. The summed E-state index contributed by atoms with van der Waals surface area (Å²) in [5.74, 6) is 0.857. The van der Waals surface area contributed by atoms with Gasteiger partial charge in [-0.3, -0.25) is 4.79 Å². The van der Waals surface area contributed by atoms with Gasteiger partial charge in [0, 0.05) is 6.04 Å². The number of carbonyl (C=O) groups excluding carboxylic acids is 1. The van der Waals surface area contributed by atoms with E-state index in [1.165, 1.54) is 7.11 Å². The summed E-state index contributed by atoms with van der Waals surface area (Å²) < 4.78 is 10.1. The van der Waals surface area contributed by atoms with Crippen LogP contribution in [0.2, 0.25) is 0 Å². The normalized spacial score (nSPS) is 21.7. The third kappa shape index (κ3) is 2.42. The van der Waals surface area contributed by atoms with E-state index < -0.39 is 0 Å². The molecule has 18 heavy (non-hydrogen) atoms. The molecule has 0 spiro atoms. The van der Waals surface area contributed by atoms with Crippen molar-refractivity contribution in [3.05, 3.63) is 23.8 Å². The van der Waals surface area contributed by atoms with Crippen molar-refractivity contribution in [2.24, 2.45) is 0 Å². The first-order valence-electron chi connectivity index (χ1n) is 6.16. The monoisotopic (exact) mass is 249 g/mol. The molecule has 4 nitrogen and oxygen atoms in total. The molecule has 1 aliphatic rings. The number of methoxy groups -OCH3 is 2. The molecule has 2 unspecified atom stereocenters. The second-order valence-corrected chi connectivity index (χ2v) is 4.68. The fourth-order valence-electron chi connectivity index (χ4n) is 2.55. The number of anilines is 1. The van der Waals surface area contributed by atoms with Crippen molar-refractivity contribution >= 4 is 11.7 Å². The number of para-hydroxylation sites is 1. The van der Waals surface area contributed by atoms with Crippen LogP contribution in [-0.4, -0.2) is 26.2 Å². The van der Waals surface area contributed by atoms with Crippen molar-refractivity contribution in [2.75, 3.05) is 19.5 Å². The lowest BCUT2D eigenvalue weighted by molar-refractivity contribution is -0.141. The Morgan fingerprint density at radius 3 is 2.89 bits per heavy atom. The largest absolute Gasteiger partial charge is 0.495 e. The summed E-state index contributed by atoms with van der Waals surface area (Å²) in [6.45, 7) is 2.11. The predicted octanol–water partition coefficient (Wildman–Crippen LogP) is 2.55. The number of hydrogen-bond donors (Lipinski definition) is 1. The molecule has 0 saturated carbocycles. The molecule has 2 atom stereocenters. The molecule has 2 rings (SSSR count). The van der Waals surface area contributed by atoms with Crippen molar-refractivity contribution in [2.45, 2.75) is 31.7 Å². The van der Waals surface area contributed by atoms with Gasteiger partial charge in [-0.2, -0.15) is 0 Å². The van der Waals surface area contributed by atoms with Crippen molar-refractivity contribution in [1.82, 2.24) is 0 Å². The SMILES string of the molecule is COC(=O)CC1CC(C)Nc2c(OC)cccc21. The van der Waals surface area contributed by atoms with Crippen molar-refractivity contribution < 1.29 is 14.3 Å². The maximum absolute atomic E-state index is 11.5. The Kier molecular flexibility index (Phi) is 3.75. The van der Waals surface area contributed by atoms with Gasteiger partial charge in [0.1, 0.15) is 5.75 Å². The van der Waals surface area contributed by atoms with Crippen LogP contribution in [0.5, 0.6) is 5.75 Å². The molecule has 0 aliphatic carbocycles. The third-order valence-electron chi connectivity index (χ3n) is 3.39. The lowest BCUT2D eigenvalue weighted by atomic mass is 9.85. The fourth-order valence-corrected chi connectivity index (χ4v) is 2.55. The van der Waals surface area contributed by atoms with Gasteiger partial charge in [0.15, 0.2) is 0 Å². The second-order valence-electron chi connectivity index (χ2n) is 4.68. The highest BCUT2D eigenvalue weighted by molar-refractivity contribution is 5.73. The van der Waals surface area contributed by atoms with E-state index in [0.29, 0.717) is 12.5 Å². The van der Waals surface area contributed by atoms with Gasteiger partial charge in [-0.25, -0.2) is 0 Å². The van der Waals surface area contributed by atoms with Crippen LogP contribution in [0.1, 0.15) is 31.2 Å². The smallest absolute Gasteiger partial charge is 0.306 e. The minimum Gasteiger partial charge on any atom is -0.495 e. The van der Waals surface area contributed by atoms with Gasteiger partial charge in [0.25, 0.3) is 0 Å². The quantitative estimate of drug-likeness (QED) is 0.836. The number of carbonyl (C=O) groups is 1.